The number of amides is 1. The van der Waals surface area contributed by atoms with Gasteiger partial charge in [0, 0.05) is 13.1 Å². The number of thioether (sulfide) groups is 1. The summed E-state index contributed by atoms with van der Waals surface area (Å²) < 4.78 is 0. The molecule has 4 nitrogen and oxygen atoms in total. The topological polar surface area (TPSA) is 46.1 Å². The van der Waals surface area contributed by atoms with E-state index in [4.69, 9.17) is 11.6 Å². The summed E-state index contributed by atoms with van der Waals surface area (Å²) in [6.45, 7) is 1.60. The van der Waals surface area contributed by atoms with Gasteiger partial charge in [-0.1, -0.05) is 36.2 Å². The highest BCUT2D eigenvalue weighted by Gasteiger charge is 2.21. The van der Waals surface area contributed by atoms with E-state index in [-0.39, 0.29) is 5.91 Å². The van der Waals surface area contributed by atoms with Crippen LogP contribution in [0.1, 0.15) is 36.2 Å². The van der Waals surface area contributed by atoms with Crippen molar-refractivity contribution >= 4 is 29.3 Å². The van der Waals surface area contributed by atoms with Crippen LogP contribution in [-0.4, -0.2) is 40.1 Å². The Hall–Kier alpha value is -0.810. The van der Waals surface area contributed by atoms with Crippen molar-refractivity contribution in [2.24, 2.45) is 0 Å². The molecule has 1 aliphatic heterocycles. The van der Waals surface area contributed by atoms with Crippen molar-refractivity contribution in [2.75, 3.05) is 19.3 Å². The largest absolute Gasteiger partial charge is 0.337 e. The standard InChI is InChI=1S/C12H16ClN3OS/c1-18-12-14-8-9(13)10(15-12)11(17)16-6-4-2-3-5-7-16/h8H,2-7H2,1H3. The monoisotopic (exact) mass is 285 g/mol. The third-order valence-corrected chi connectivity index (χ3v) is 3.84. The molecule has 0 atom stereocenters. The Morgan fingerprint density at radius 1 is 1.33 bits per heavy atom. The smallest absolute Gasteiger partial charge is 0.274 e. The lowest BCUT2D eigenvalue weighted by Gasteiger charge is -2.20. The summed E-state index contributed by atoms with van der Waals surface area (Å²) in [4.78, 5) is 22.5. The molecule has 1 amide bonds. The molecule has 1 aliphatic rings. The van der Waals surface area contributed by atoms with Crippen molar-refractivity contribution in [2.45, 2.75) is 30.8 Å². The van der Waals surface area contributed by atoms with Gasteiger partial charge in [0.05, 0.1) is 11.2 Å². The Labute approximate surface area is 116 Å². The number of aromatic nitrogens is 2. The number of hydrogen-bond donors (Lipinski definition) is 0. The van der Waals surface area contributed by atoms with Crippen molar-refractivity contribution in [1.82, 2.24) is 14.9 Å². The van der Waals surface area contributed by atoms with E-state index < -0.39 is 0 Å². The molecule has 2 rings (SSSR count). The Morgan fingerprint density at radius 3 is 2.61 bits per heavy atom. The molecule has 1 aromatic rings. The van der Waals surface area contributed by atoms with Crippen LogP contribution >= 0.6 is 23.4 Å². The SMILES string of the molecule is CSc1ncc(Cl)c(C(=O)N2CCCCCC2)n1. The molecule has 0 spiro atoms. The molecule has 0 unspecified atom stereocenters. The van der Waals surface area contributed by atoms with Crippen LogP contribution in [0.4, 0.5) is 0 Å². The molecular weight excluding hydrogens is 270 g/mol. The van der Waals surface area contributed by atoms with Gasteiger partial charge in [-0.15, -0.1) is 0 Å². The fraction of sp³-hybridized carbons (Fsp3) is 0.583. The van der Waals surface area contributed by atoms with Crippen molar-refractivity contribution in [3.05, 3.63) is 16.9 Å². The van der Waals surface area contributed by atoms with Crippen LogP contribution in [0.25, 0.3) is 0 Å². The molecule has 0 N–H and O–H groups in total. The first-order valence-corrected chi connectivity index (χ1v) is 7.68. The highest BCUT2D eigenvalue weighted by atomic mass is 35.5. The molecule has 0 radical (unpaired) electrons. The van der Waals surface area contributed by atoms with Gasteiger partial charge in [-0.2, -0.15) is 0 Å². The Balaban J connectivity index is 2.21. The molecule has 1 aromatic heterocycles. The highest BCUT2D eigenvalue weighted by molar-refractivity contribution is 7.98. The summed E-state index contributed by atoms with van der Waals surface area (Å²) >= 11 is 7.43. The van der Waals surface area contributed by atoms with Crippen LogP contribution in [0.2, 0.25) is 5.02 Å². The minimum Gasteiger partial charge on any atom is -0.337 e. The van der Waals surface area contributed by atoms with Gasteiger partial charge in [0.1, 0.15) is 0 Å². The van der Waals surface area contributed by atoms with Crippen molar-refractivity contribution < 1.29 is 4.79 Å². The summed E-state index contributed by atoms with van der Waals surface area (Å²) in [7, 11) is 0. The Kier molecular flexibility index (Phi) is 4.83. The molecule has 98 valence electrons. The van der Waals surface area contributed by atoms with E-state index in [2.05, 4.69) is 9.97 Å². The van der Waals surface area contributed by atoms with Gasteiger partial charge in [-0.25, -0.2) is 9.97 Å². The van der Waals surface area contributed by atoms with E-state index in [0.29, 0.717) is 15.9 Å². The third-order valence-electron chi connectivity index (χ3n) is 3.00. The second kappa shape index (κ2) is 6.38. The van der Waals surface area contributed by atoms with E-state index in [1.807, 2.05) is 11.2 Å². The lowest BCUT2D eigenvalue weighted by Crippen LogP contribution is -2.32. The number of halogens is 1. The average molecular weight is 286 g/mol. The van der Waals surface area contributed by atoms with Crippen molar-refractivity contribution in [3.8, 4) is 0 Å². The van der Waals surface area contributed by atoms with E-state index in [1.54, 1.807) is 0 Å². The Bertz CT molecular complexity index is 433. The summed E-state index contributed by atoms with van der Waals surface area (Å²) in [5.41, 5.74) is 0.331. The molecule has 1 saturated heterocycles. The van der Waals surface area contributed by atoms with E-state index in [9.17, 15) is 4.79 Å². The number of likely N-dealkylation sites (tertiary alicyclic amines) is 1. The summed E-state index contributed by atoms with van der Waals surface area (Å²) in [5, 5.41) is 0.916. The van der Waals surface area contributed by atoms with Crippen LogP contribution in [0.15, 0.2) is 11.4 Å². The molecule has 0 aliphatic carbocycles. The fourth-order valence-electron chi connectivity index (χ4n) is 2.02. The normalized spacial score (nSPS) is 16.4. The summed E-state index contributed by atoms with van der Waals surface area (Å²) in [5.74, 6) is -0.0698. The van der Waals surface area contributed by atoms with Crippen LogP contribution in [-0.2, 0) is 0 Å². The fourth-order valence-corrected chi connectivity index (χ4v) is 2.54. The van der Waals surface area contributed by atoms with Gasteiger partial charge < -0.3 is 4.90 Å². The molecule has 1 fully saturated rings. The molecule has 0 bridgehead atoms. The van der Waals surface area contributed by atoms with Crippen LogP contribution in [0.3, 0.4) is 0 Å². The van der Waals surface area contributed by atoms with E-state index in [1.165, 1.54) is 30.8 Å². The van der Waals surface area contributed by atoms with E-state index >= 15 is 0 Å². The molecular formula is C12H16ClN3OS. The quantitative estimate of drug-likeness (QED) is 0.619. The zero-order valence-corrected chi connectivity index (χ0v) is 11.9. The maximum absolute atomic E-state index is 12.4. The molecule has 0 saturated carbocycles. The van der Waals surface area contributed by atoms with Gasteiger partial charge in [-0.3, -0.25) is 4.79 Å². The van der Waals surface area contributed by atoms with Gasteiger partial charge in [0.15, 0.2) is 10.9 Å². The second-order valence-electron chi connectivity index (χ2n) is 4.26. The number of rotatable bonds is 2. The molecule has 18 heavy (non-hydrogen) atoms. The van der Waals surface area contributed by atoms with Gasteiger partial charge in [0.2, 0.25) is 0 Å². The minimum atomic E-state index is -0.0698. The van der Waals surface area contributed by atoms with Crippen molar-refractivity contribution in [3.63, 3.8) is 0 Å². The van der Waals surface area contributed by atoms with Gasteiger partial charge in [0.25, 0.3) is 5.91 Å². The second-order valence-corrected chi connectivity index (χ2v) is 5.44. The third kappa shape index (κ3) is 3.14. The average Bonchev–Trinajstić information content (AvgIpc) is 2.67. The van der Waals surface area contributed by atoms with Gasteiger partial charge >= 0.3 is 0 Å². The zero-order chi connectivity index (χ0) is 13.0. The van der Waals surface area contributed by atoms with E-state index in [0.717, 1.165) is 25.9 Å². The maximum Gasteiger partial charge on any atom is 0.274 e. The number of hydrogen-bond acceptors (Lipinski definition) is 4. The van der Waals surface area contributed by atoms with Crippen LogP contribution in [0.5, 0.6) is 0 Å². The van der Waals surface area contributed by atoms with Crippen LogP contribution < -0.4 is 0 Å². The predicted octanol–water partition coefficient (Wildman–Crippen LogP) is 2.87. The Morgan fingerprint density at radius 2 is 2.00 bits per heavy atom. The maximum atomic E-state index is 12.4. The number of carbonyl (C=O) groups excluding carboxylic acids is 1. The summed E-state index contributed by atoms with van der Waals surface area (Å²) in [6, 6.07) is 0. The molecule has 2 heterocycles. The molecule has 6 heteroatoms. The number of nitrogens with zero attached hydrogens (tertiary/aromatic N) is 3. The predicted molar refractivity (Wildman–Crippen MR) is 73.2 cm³/mol. The van der Waals surface area contributed by atoms with Crippen LogP contribution in [0, 0.1) is 0 Å². The van der Waals surface area contributed by atoms with Gasteiger partial charge in [-0.05, 0) is 19.1 Å². The lowest BCUT2D eigenvalue weighted by molar-refractivity contribution is 0.0755. The lowest BCUT2D eigenvalue weighted by atomic mass is 10.2. The highest BCUT2D eigenvalue weighted by Crippen LogP contribution is 2.20. The number of carbonyl (C=O) groups is 1. The summed E-state index contributed by atoms with van der Waals surface area (Å²) in [6.07, 6.45) is 7.89. The first kappa shape index (κ1) is 13.6. The molecule has 0 aromatic carbocycles. The first-order chi connectivity index (χ1) is 8.72. The van der Waals surface area contributed by atoms with Crippen molar-refractivity contribution in [1.29, 1.82) is 0 Å². The minimum absolute atomic E-state index is 0.0698. The first-order valence-electron chi connectivity index (χ1n) is 6.08. The zero-order valence-electron chi connectivity index (χ0n) is 10.4.